The minimum absolute atomic E-state index is 0.194. The minimum Gasteiger partial charge on any atom is -0.381 e. The summed E-state index contributed by atoms with van der Waals surface area (Å²) in [6.45, 7) is 1.99. The van der Waals surface area contributed by atoms with Crippen LogP contribution in [-0.4, -0.2) is 35.1 Å². The summed E-state index contributed by atoms with van der Waals surface area (Å²) >= 11 is 12.7. The second kappa shape index (κ2) is 12.3. The van der Waals surface area contributed by atoms with Crippen molar-refractivity contribution in [3.8, 4) is 0 Å². The van der Waals surface area contributed by atoms with Crippen LogP contribution in [0.5, 0.6) is 0 Å². The highest BCUT2D eigenvalue weighted by Gasteiger charge is 2.22. The Balaban J connectivity index is 1.55. The van der Waals surface area contributed by atoms with E-state index in [2.05, 4.69) is 10.3 Å². The average Bonchev–Trinajstić information content (AvgIpc) is 2.69. The highest BCUT2D eigenvalue weighted by Crippen LogP contribution is 2.14. The SMILES string of the molecule is NC(C(Cl)CCCOCCc1ccccn1)C(Cl)NCc1ccccc1. The van der Waals surface area contributed by atoms with Crippen LogP contribution < -0.4 is 11.1 Å². The molecule has 3 atom stereocenters. The summed E-state index contributed by atoms with van der Waals surface area (Å²) in [6, 6.07) is 15.6. The van der Waals surface area contributed by atoms with Gasteiger partial charge < -0.3 is 10.5 Å². The largest absolute Gasteiger partial charge is 0.381 e. The lowest BCUT2D eigenvalue weighted by molar-refractivity contribution is 0.132. The third-order valence-electron chi connectivity index (χ3n) is 4.10. The molecule has 26 heavy (non-hydrogen) atoms. The Morgan fingerprint density at radius 2 is 1.81 bits per heavy atom. The zero-order valence-corrected chi connectivity index (χ0v) is 16.4. The molecule has 0 radical (unpaired) electrons. The van der Waals surface area contributed by atoms with Crippen LogP contribution >= 0.6 is 23.2 Å². The molecule has 0 saturated heterocycles. The van der Waals surface area contributed by atoms with E-state index in [-0.39, 0.29) is 16.9 Å². The van der Waals surface area contributed by atoms with Gasteiger partial charge in [-0.3, -0.25) is 10.3 Å². The molecule has 0 saturated carbocycles. The molecule has 3 unspecified atom stereocenters. The van der Waals surface area contributed by atoms with Crippen LogP contribution in [0.2, 0.25) is 0 Å². The van der Waals surface area contributed by atoms with E-state index < -0.39 is 0 Å². The number of pyridine rings is 1. The molecular weight excluding hydrogens is 369 g/mol. The Hall–Kier alpha value is -1.17. The molecule has 0 spiro atoms. The maximum absolute atomic E-state index is 6.40. The average molecular weight is 396 g/mol. The van der Waals surface area contributed by atoms with Crippen molar-refractivity contribution < 1.29 is 4.74 Å². The molecule has 0 bridgehead atoms. The summed E-state index contributed by atoms with van der Waals surface area (Å²) in [5, 5.41) is 3.03. The molecule has 1 aromatic carbocycles. The van der Waals surface area contributed by atoms with Crippen molar-refractivity contribution >= 4 is 23.2 Å². The maximum Gasteiger partial charge on any atom is 0.0995 e. The van der Waals surface area contributed by atoms with E-state index in [4.69, 9.17) is 33.7 Å². The fraction of sp³-hybridized carbons (Fsp3) is 0.450. The molecule has 1 aromatic heterocycles. The second-order valence-corrected chi connectivity index (χ2v) is 7.22. The Bertz CT molecular complexity index is 601. The Labute approximate surface area is 166 Å². The van der Waals surface area contributed by atoms with Gasteiger partial charge in [0.25, 0.3) is 0 Å². The highest BCUT2D eigenvalue weighted by molar-refractivity contribution is 6.24. The molecule has 6 heteroatoms. The molecule has 2 aromatic rings. The summed E-state index contributed by atoms with van der Waals surface area (Å²) in [5.41, 5.74) is 8.00. The van der Waals surface area contributed by atoms with E-state index in [1.807, 2.05) is 48.5 Å². The molecule has 0 aliphatic rings. The van der Waals surface area contributed by atoms with E-state index in [1.54, 1.807) is 6.20 Å². The van der Waals surface area contributed by atoms with Crippen molar-refractivity contribution in [1.29, 1.82) is 0 Å². The van der Waals surface area contributed by atoms with Crippen LogP contribution in [0.15, 0.2) is 54.7 Å². The van der Waals surface area contributed by atoms with Gasteiger partial charge in [-0.05, 0) is 30.5 Å². The van der Waals surface area contributed by atoms with Crippen molar-refractivity contribution in [2.24, 2.45) is 5.73 Å². The van der Waals surface area contributed by atoms with Crippen LogP contribution in [0.4, 0.5) is 0 Å². The van der Waals surface area contributed by atoms with Crippen molar-refractivity contribution in [1.82, 2.24) is 10.3 Å². The number of nitrogens with zero attached hydrogens (tertiary/aromatic N) is 1. The van der Waals surface area contributed by atoms with Crippen LogP contribution in [0, 0.1) is 0 Å². The number of alkyl halides is 2. The Kier molecular flexibility index (Phi) is 9.96. The molecule has 3 N–H and O–H groups in total. The minimum atomic E-state index is -0.372. The fourth-order valence-corrected chi connectivity index (χ4v) is 3.16. The summed E-state index contributed by atoms with van der Waals surface area (Å²) < 4.78 is 5.65. The van der Waals surface area contributed by atoms with Gasteiger partial charge in [0, 0.05) is 31.5 Å². The number of aromatic nitrogens is 1. The molecule has 4 nitrogen and oxygen atoms in total. The topological polar surface area (TPSA) is 60.2 Å². The number of hydrogen-bond donors (Lipinski definition) is 2. The smallest absolute Gasteiger partial charge is 0.0995 e. The first kappa shape index (κ1) is 21.1. The van der Waals surface area contributed by atoms with E-state index >= 15 is 0 Å². The normalized spacial score (nSPS) is 14.7. The van der Waals surface area contributed by atoms with E-state index in [0.717, 1.165) is 30.5 Å². The van der Waals surface area contributed by atoms with Gasteiger partial charge in [-0.2, -0.15) is 0 Å². The van der Waals surface area contributed by atoms with Crippen LogP contribution in [0.3, 0.4) is 0 Å². The van der Waals surface area contributed by atoms with Gasteiger partial charge in [0.15, 0.2) is 0 Å². The third-order valence-corrected chi connectivity index (χ3v) is 5.05. The predicted octanol–water partition coefficient (Wildman–Crippen LogP) is 3.71. The van der Waals surface area contributed by atoms with Crippen LogP contribution in [-0.2, 0) is 17.7 Å². The molecule has 0 aliphatic carbocycles. The summed E-state index contributed by atoms with van der Waals surface area (Å²) in [7, 11) is 0. The van der Waals surface area contributed by atoms with Gasteiger partial charge in [0.05, 0.1) is 23.5 Å². The van der Waals surface area contributed by atoms with Gasteiger partial charge in [0.1, 0.15) is 0 Å². The van der Waals surface area contributed by atoms with Gasteiger partial charge >= 0.3 is 0 Å². The Morgan fingerprint density at radius 3 is 2.54 bits per heavy atom. The number of halogens is 2. The summed E-state index contributed by atoms with van der Waals surface area (Å²) in [4.78, 5) is 4.27. The first-order chi connectivity index (χ1) is 12.7. The standard InChI is InChI=1S/C20H27Cl2N3O/c21-18(10-6-13-26-14-11-17-9-4-5-12-24-17)19(23)20(22)25-15-16-7-2-1-3-8-16/h1-5,7-9,12,18-20,25H,6,10-11,13-15,23H2. The monoisotopic (exact) mass is 395 g/mol. The first-order valence-electron chi connectivity index (χ1n) is 8.95. The van der Waals surface area contributed by atoms with Crippen molar-refractivity contribution in [2.45, 2.75) is 42.7 Å². The lowest BCUT2D eigenvalue weighted by atomic mass is 10.1. The number of nitrogens with two attached hydrogens (primary N) is 1. The van der Waals surface area contributed by atoms with Crippen molar-refractivity contribution in [3.63, 3.8) is 0 Å². The van der Waals surface area contributed by atoms with Gasteiger partial charge in [-0.25, -0.2) is 0 Å². The maximum atomic E-state index is 6.40. The van der Waals surface area contributed by atoms with E-state index in [0.29, 0.717) is 19.8 Å². The van der Waals surface area contributed by atoms with Crippen LogP contribution in [0.25, 0.3) is 0 Å². The molecule has 142 valence electrons. The van der Waals surface area contributed by atoms with Gasteiger partial charge in [-0.15, -0.1) is 23.2 Å². The molecule has 2 rings (SSSR count). The molecule has 0 amide bonds. The lowest BCUT2D eigenvalue weighted by Crippen LogP contribution is -2.46. The number of rotatable bonds is 12. The molecular formula is C20H27Cl2N3O. The second-order valence-electron chi connectivity index (χ2n) is 6.19. The number of hydrogen-bond acceptors (Lipinski definition) is 4. The molecule has 0 aliphatic heterocycles. The number of benzene rings is 1. The zero-order chi connectivity index (χ0) is 18.6. The third kappa shape index (κ3) is 8.02. The predicted molar refractivity (Wildman–Crippen MR) is 109 cm³/mol. The van der Waals surface area contributed by atoms with Crippen LogP contribution in [0.1, 0.15) is 24.1 Å². The molecule has 0 fully saturated rings. The summed E-state index contributed by atoms with van der Waals surface area (Å²) in [6.07, 6.45) is 4.23. The number of nitrogens with one attached hydrogen (secondary N) is 1. The first-order valence-corrected chi connectivity index (χ1v) is 9.83. The van der Waals surface area contributed by atoms with Gasteiger partial charge in [-0.1, -0.05) is 36.4 Å². The lowest BCUT2D eigenvalue weighted by Gasteiger charge is -2.24. The fourth-order valence-electron chi connectivity index (χ4n) is 2.53. The Morgan fingerprint density at radius 1 is 1.04 bits per heavy atom. The zero-order valence-electron chi connectivity index (χ0n) is 14.9. The van der Waals surface area contributed by atoms with E-state index in [1.165, 1.54) is 0 Å². The summed E-state index contributed by atoms with van der Waals surface area (Å²) in [5.74, 6) is 0. The van der Waals surface area contributed by atoms with Gasteiger partial charge in [0.2, 0.25) is 0 Å². The highest BCUT2D eigenvalue weighted by atomic mass is 35.5. The quantitative estimate of drug-likeness (QED) is 0.326. The van der Waals surface area contributed by atoms with Crippen molar-refractivity contribution in [2.75, 3.05) is 13.2 Å². The number of ether oxygens (including phenoxy) is 1. The molecule has 1 heterocycles. The van der Waals surface area contributed by atoms with Crippen molar-refractivity contribution in [3.05, 3.63) is 66.0 Å². The van der Waals surface area contributed by atoms with E-state index in [9.17, 15) is 0 Å².